The Bertz CT molecular complexity index is 434. The van der Waals surface area contributed by atoms with Crippen molar-refractivity contribution in [2.75, 3.05) is 7.11 Å². The predicted octanol–water partition coefficient (Wildman–Crippen LogP) is 2.83. The minimum absolute atomic E-state index is 0.00100. The van der Waals surface area contributed by atoms with Crippen LogP contribution in [0.4, 0.5) is 0 Å². The van der Waals surface area contributed by atoms with Gasteiger partial charge in [-0.2, -0.15) is 0 Å². The summed E-state index contributed by atoms with van der Waals surface area (Å²) in [4.78, 5) is 22.5. The molecule has 0 radical (unpaired) electrons. The van der Waals surface area contributed by atoms with Gasteiger partial charge in [0.05, 0.1) is 23.6 Å². The number of ketones is 1. The summed E-state index contributed by atoms with van der Waals surface area (Å²) in [7, 11) is 1.25. The molecule has 4 nitrogen and oxygen atoms in total. The number of halogens is 2. The lowest BCUT2D eigenvalue weighted by Gasteiger charge is -2.04. The molecule has 92 valence electrons. The molecule has 1 N–H and O–H groups in total. The van der Waals surface area contributed by atoms with Gasteiger partial charge in [-0.3, -0.25) is 9.59 Å². The highest BCUT2D eigenvalue weighted by molar-refractivity contribution is 6.37. The first-order chi connectivity index (χ1) is 7.95. The number of phenolic OH excluding ortho intramolecular Hbond substituents is 1. The number of ether oxygens (including phenoxy) is 1. The maximum absolute atomic E-state index is 11.7. The first-order valence-corrected chi connectivity index (χ1v) is 5.49. The number of methoxy groups -OCH3 is 1. The summed E-state index contributed by atoms with van der Waals surface area (Å²) >= 11 is 11.3. The predicted molar refractivity (Wildman–Crippen MR) is 63.7 cm³/mol. The normalized spacial score (nSPS) is 10.1. The SMILES string of the molecule is COC(=O)CCC(=O)c1cc(Cl)c(O)c(Cl)c1. The Morgan fingerprint density at radius 2 is 1.76 bits per heavy atom. The number of Topliss-reactive ketones (excluding diaryl/α,β-unsaturated/α-hetero) is 1. The number of benzene rings is 1. The largest absolute Gasteiger partial charge is 0.505 e. The number of carbonyl (C=O) groups excluding carboxylic acids is 2. The summed E-state index contributed by atoms with van der Waals surface area (Å²) < 4.78 is 4.42. The van der Waals surface area contributed by atoms with Crippen molar-refractivity contribution in [1.29, 1.82) is 0 Å². The lowest BCUT2D eigenvalue weighted by Crippen LogP contribution is -2.06. The van der Waals surface area contributed by atoms with Gasteiger partial charge < -0.3 is 9.84 Å². The molecular weight excluding hydrogens is 267 g/mol. The number of phenols is 1. The molecule has 0 bridgehead atoms. The van der Waals surface area contributed by atoms with Crippen LogP contribution in [-0.4, -0.2) is 24.0 Å². The third-order valence-electron chi connectivity index (χ3n) is 2.12. The van der Waals surface area contributed by atoms with E-state index >= 15 is 0 Å². The first-order valence-electron chi connectivity index (χ1n) is 4.73. The van der Waals surface area contributed by atoms with E-state index < -0.39 is 5.97 Å². The minimum Gasteiger partial charge on any atom is -0.505 e. The number of carbonyl (C=O) groups is 2. The van der Waals surface area contributed by atoms with Crippen molar-refractivity contribution >= 4 is 35.0 Å². The molecular formula is C11H10Cl2O4. The van der Waals surface area contributed by atoms with Crippen molar-refractivity contribution in [2.24, 2.45) is 0 Å². The van der Waals surface area contributed by atoms with Crippen LogP contribution < -0.4 is 0 Å². The zero-order chi connectivity index (χ0) is 13.0. The molecule has 0 spiro atoms. The number of esters is 1. The highest BCUT2D eigenvalue weighted by atomic mass is 35.5. The molecule has 0 unspecified atom stereocenters. The van der Waals surface area contributed by atoms with E-state index in [0.717, 1.165) is 0 Å². The fraction of sp³-hybridized carbons (Fsp3) is 0.273. The van der Waals surface area contributed by atoms with Crippen molar-refractivity contribution in [2.45, 2.75) is 12.8 Å². The minimum atomic E-state index is -0.464. The maximum Gasteiger partial charge on any atom is 0.305 e. The van der Waals surface area contributed by atoms with Gasteiger partial charge in [-0.25, -0.2) is 0 Å². The zero-order valence-corrected chi connectivity index (χ0v) is 10.5. The number of hydrogen-bond acceptors (Lipinski definition) is 4. The van der Waals surface area contributed by atoms with Crippen molar-refractivity contribution < 1.29 is 19.4 Å². The second-order valence-corrected chi connectivity index (χ2v) is 4.10. The Morgan fingerprint density at radius 3 is 2.24 bits per heavy atom. The summed E-state index contributed by atoms with van der Waals surface area (Å²) in [5.41, 5.74) is 0.252. The molecule has 0 aliphatic carbocycles. The van der Waals surface area contributed by atoms with E-state index in [1.807, 2.05) is 0 Å². The first kappa shape index (κ1) is 13.8. The van der Waals surface area contributed by atoms with Gasteiger partial charge in [0.1, 0.15) is 0 Å². The molecule has 0 saturated heterocycles. The third-order valence-corrected chi connectivity index (χ3v) is 2.70. The van der Waals surface area contributed by atoms with Crippen LogP contribution in [-0.2, 0) is 9.53 Å². The molecule has 1 aromatic carbocycles. The van der Waals surface area contributed by atoms with E-state index in [2.05, 4.69) is 4.74 Å². The lowest BCUT2D eigenvalue weighted by molar-refractivity contribution is -0.140. The van der Waals surface area contributed by atoms with Crippen LogP contribution in [0.5, 0.6) is 5.75 Å². The van der Waals surface area contributed by atoms with Crippen molar-refractivity contribution in [3.8, 4) is 5.75 Å². The van der Waals surface area contributed by atoms with Crippen LogP contribution in [0.2, 0.25) is 10.0 Å². The molecule has 1 aromatic rings. The second kappa shape index (κ2) is 5.89. The van der Waals surface area contributed by atoms with Crippen LogP contribution in [0, 0.1) is 0 Å². The standard InChI is InChI=1S/C11H10Cl2O4/c1-17-10(15)3-2-9(14)6-4-7(12)11(16)8(13)5-6/h4-5,16H,2-3H2,1H3. The number of aromatic hydroxyl groups is 1. The quantitative estimate of drug-likeness (QED) is 0.679. The van der Waals surface area contributed by atoms with E-state index in [9.17, 15) is 14.7 Å². The highest BCUT2D eigenvalue weighted by Gasteiger charge is 2.13. The van der Waals surface area contributed by atoms with E-state index in [1.54, 1.807) is 0 Å². The van der Waals surface area contributed by atoms with Crippen LogP contribution in [0.3, 0.4) is 0 Å². The van der Waals surface area contributed by atoms with Crippen molar-refractivity contribution in [3.63, 3.8) is 0 Å². The molecule has 17 heavy (non-hydrogen) atoms. The summed E-state index contributed by atoms with van der Waals surface area (Å²) in [6.45, 7) is 0. The van der Waals surface area contributed by atoms with Crippen molar-refractivity contribution in [3.05, 3.63) is 27.7 Å². The van der Waals surface area contributed by atoms with E-state index in [1.165, 1.54) is 19.2 Å². The Hall–Kier alpha value is -1.26. The van der Waals surface area contributed by atoms with E-state index in [4.69, 9.17) is 23.2 Å². The topological polar surface area (TPSA) is 63.6 Å². The van der Waals surface area contributed by atoms with Gasteiger partial charge >= 0.3 is 5.97 Å². The molecule has 0 heterocycles. The average molecular weight is 277 g/mol. The maximum atomic E-state index is 11.7. The molecule has 1 rings (SSSR count). The Morgan fingerprint density at radius 1 is 1.24 bits per heavy atom. The summed E-state index contributed by atoms with van der Waals surface area (Å²) in [6, 6.07) is 2.62. The molecule has 0 aromatic heterocycles. The van der Waals surface area contributed by atoms with E-state index in [0.29, 0.717) is 0 Å². The van der Waals surface area contributed by atoms with Crippen LogP contribution in [0.15, 0.2) is 12.1 Å². The number of hydrogen-bond donors (Lipinski definition) is 1. The number of rotatable bonds is 4. The van der Waals surface area contributed by atoms with E-state index in [-0.39, 0.29) is 40.0 Å². The van der Waals surface area contributed by atoms with Gasteiger partial charge in [-0.15, -0.1) is 0 Å². The molecule has 0 atom stereocenters. The monoisotopic (exact) mass is 276 g/mol. The Labute approximate surface area is 108 Å². The molecule has 0 saturated carbocycles. The molecule has 0 amide bonds. The fourth-order valence-corrected chi connectivity index (χ4v) is 1.68. The summed E-state index contributed by atoms with van der Waals surface area (Å²) in [6.07, 6.45) is -0.00441. The fourth-order valence-electron chi connectivity index (χ4n) is 1.19. The van der Waals surface area contributed by atoms with Crippen LogP contribution in [0.1, 0.15) is 23.2 Å². The van der Waals surface area contributed by atoms with Gasteiger partial charge in [-0.05, 0) is 12.1 Å². The second-order valence-electron chi connectivity index (χ2n) is 3.29. The van der Waals surface area contributed by atoms with Gasteiger partial charge in [-0.1, -0.05) is 23.2 Å². The van der Waals surface area contributed by atoms with Gasteiger partial charge in [0, 0.05) is 12.0 Å². The summed E-state index contributed by atoms with van der Waals surface area (Å²) in [5.74, 6) is -1.02. The Balaban J connectivity index is 2.80. The van der Waals surface area contributed by atoms with Crippen molar-refractivity contribution in [1.82, 2.24) is 0 Å². The molecule has 0 aliphatic heterocycles. The lowest BCUT2D eigenvalue weighted by atomic mass is 10.1. The van der Waals surface area contributed by atoms with Gasteiger partial charge in [0.25, 0.3) is 0 Å². The summed E-state index contributed by atoms with van der Waals surface area (Å²) in [5, 5.41) is 9.32. The highest BCUT2D eigenvalue weighted by Crippen LogP contribution is 2.33. The Kier molecular flexibility index (Phi) is 4.78. The molecule has 6 heteroatoms. The molecule has 0 fully saturated rings. The van der Waals surface area contributed by atoms with Crippen LogP contribution in [0.25, 0.3) is 0 Å². The smallest absolute Gasteiger partial charge is 0.305 e. The average Bonchev–Trinajstić information content (AvgIpc) is 2.31. The zero-order valence-electron chi connectivity index (χ0n) is 9.00. The third kappa shape index (κ3) is 3.61. The van der Waals surface area contributed by atoms with Crippen LogP contribution >= 0.6 is 23.2 Å². The molecule has 0 aliphatic rings. The van der Waals surface area contributed by atoms with Gasteiger partial charge in [0.15, 0.2) is 11.5 Å². The van der Waals surface area contributed by atoms with Gasteiger partial charge in [0.2, 0.25) is 0 Å².